The Labute approximate surface area is 182 Å². The number of para-hydroxylation sites is 2. The Bertz CT molecular complexity index is 1120. The first-order valence-electron chi connectivity index (χ1n) is 9.99. The topological polar surface area (TPSA) is 38.8 Å². The van der Waals surface area contributed by atoms with E-state index < -0.39 is 5.97 Å². The number of hydrogen-bond donors (Lipinski definition) is 0. The zero-order chi connectivity index (χ0) is 21.6. The van der Waals surface area contributed by atoms with Crippen molar-refractivity contribution in [1.82, 2.24) is 0 Å². The molecule has 4 nitrogen and oxygen atoms in total. The molecule has 0 saturated carbocycles. The van der Waals surface area contributed by atoms with Crippen LogP contribution < -0.4 is 9.64 Å². The van der Waals surface area contributed by atoms with E-state index in [4.69, 9.17) is 9.47 Å². The molecule has 0 atom stereocenters. The normalized spacial score (nSPS) is 10.4. The third-order valence-electron chi connectivity index (χ3n) is 5.08. The molecule has 0 heterocycles. The minimum atomic E-state index is -0.399. The highest BCUT2D eigenvalue weighted by atomic mass is 16.5. The summed E-state index contributed by atoms with van der Waals surface area (Å²) in [6.07, 6.45) is 0. The fourth-order valence-corrected chi connectivity index (χ4v) is 3.62. The van der Waals surface area contributed by atoms with Crippen molar-refractivity contribution in [2.45, 2.75) is 0 Å². The number of methoxy groups -OCH3 is 2. The number of rotatable bonds is 6. The summed E-state index contributed by atoms with van der Waals surface area (Å²) < 4.78 is 10.9. The molecule has 0 aliphatic heterocycles. The second kappa shape index (κ2) is 9.18. The Hall–Kier alpha value is -4.05. The van der Waals surface area contributed by atoms with Gasteiger partial charge in [-0.15, -0.1) is 0 Å². The maximum Gasteiger partial charge on any atom is 0.338 e. The van der Waals surface area contributed by atoms with E-state index in [2.05, 4.69) is 4.90 Å². The van der Waals surface area contributed by atoms with Gasteiger partial charge in [0, 0.05) is 11.4 Å². The van der Waals surface area contributed by atoms with Crippen molar-refractivity contribution in [2.75, 3.05) is 19.1 Å². The highest BCUT2D eigenvalue weighted by molar-refractivity contribution is 6.00. The highest BCUT2D eigenvalue weighted by Crippen LogP contribution is 2.43. The number of esters is 1. The maximum atomic E-state index is 12.8. The summed E-state index contributed by atoms with van der Waals surface area (Å²) in [6.45, 7) is 0. The first kappa shape index (κ1) is 20.2. The van der Waals surface area contributed by atoms with E-state index in [1.54, 1.807) is 7.11 Å². The molecule has 0 spiro atoms. The van der Waals surface area contributed by atoms with Gasteiger partial charge in [-0.2, -0.15) is 0 Å². The van der Waals surface area contributed by atoms with Gasteiger partial charge in [0.1, 0.15) is 5.75 Å². The van der Waals surface area contributed by atoms with E-state index in [1.807, 2.05) is 103 Å². The Kier molecular flexibility index (Phi) is 5.99. The minimum Gasteiger partial charge on any atom is -0.495 e. The van der Waals surface area contributed by atoms with Gasteiger partial charge in [-0.1, -0.05) is 66.7 Å². The van der Waals surface area contributed by atoms with Crippen LogP contribution in [0.4, 0.5) is 17.1 Å². The molecule has 31 heavy (non-hydrogen) atoms. The Morgan fingerprint density at radius 2 is 1.23 bits per heavy atom. The lowest BCUT2D eigenvalue weighted by molar-refractivity contribution is 0.0601. The number of carbonyl (C=O) groups is 1. The largest absolute Gasteiger partial charge is 0.495 e. The van der Waals surface area contributed by atoms with Crippen LogP contribution in [0.15, 0.2) is 103 Å². The Morgan fingerprint density at radius 1 is 0.710 bits per heavy atom. The van der Waals surface area contributed by atoms with Crippen molar-refractivity contribution in [3.63, 3.8) is 0 Å². The van der Waals surface area contributed by atoms with Crippen LogP contribution in [0.3, 0.4) is 0 Å². The van der Waals surface area contributed by atoms with Gasteiger partial charge in [0.15, 0.2) is 0 Å². The third-order valence-corrected chi connectivity index (χ3v) is 5.08. The van der Waals surface area contributed by atoms with Crippen LogP contribution in [0.25, 0.3) is 11.1 Å². The first-order valence-corrected chi connectivity index (χ1v) is 9.99. The zero-order valence-electron chi connectivity index (χ0n) is 17.5. The summed E-state index contributed by atoms with van der Waals surface area (Å²) in [6, 6.07) is 33.5. The van der Waals surface area contributed by atoms with Crippen LogP contribution >= 0.6 is 0 Å². The fourth-order valence-electron chi connectivity index (χ4n) is 3.62. The SMILES string of the molecule is COC(=O)c1cc(N(c2ccccc2)c2ccccc2)c(OC)cc1-c1ccccc1. The van der Waals surface area contributed by atoms with Crippen molar-refractivity contribution in [1.29, 1.82) is 0 Å². The monoisotopic (exact) mass is 409 g/mol. The molecule has 154 valence electrons. The van der Waals surface area contributed by atoms with Gasteiger partial charge in [0.05, 0.1) is 25.5 Å². The molecular formula is C27H23NO3. The van der Waals surface area contributed by atoms with Gasteiger partial charge in [-0.25, -0.2) is 4.79 Å². The molecule has 0 amide bonds. The van der Waals surface area contributed by atoms with Crippen LogP contribution in [-0.4, -0.2) is 20.2 Å². The number of ether oxygens (including phenoxy) is 2. The van der Waals surface area contributed by atoms with Crippen LogP contribution in [0.5, 0.6) is 5.75 Å². The molecule has 0 aromatic heterocycles. The predicted molar refractivity (Wildman–Crippen MR) is 124 cm³/mol. The summed E-state index contributed by atoms with van der Waals surface area (Å²) in [4.78, 5) is 14.8. The molecule has 4 rings (SSSR count). The van der Waals surface area contributed by atoms with Crippen molar-refractivity contribution < 1.29 is 14.3 Å². The van der Waals surface area contributed by atoms with Gasteiger partial charge >= 0.3 is 5.97 Å². The Balaban J connectivity index is 1.99. The molecule has 4 aromatic rings. The molecule has 0 bridgehead atoms. The summed E-state index contributed by atoms with van der Waals surface area (Å²) in [5, 5.41) is 0. The molecule has 0 radical (unpaired) electrons. The van der Waals surface area contributed by atoms with E-state index >= 15 is 0 Å². The maximum absolute atomic E-state index is 12.8. The quantitative estimate of drug-likeness (QED) is 0.336. The lowest BCUT2D eigenvalue weighted by atomic mass is 9.97. The predicted octanol–water partition coefficient (Wildman–Crippen LogP) is 6.62. The van der Waals surface area contributed by atoms with Gasteiger partial charge in [-0.3, -0.25) is 0 Å². The van der Waals surface area contributed by atoms with Crippen molar-refractivity contribution in [3.05, 3.63) is 109 Å². The van der Waals surface area contributed by atoms with Crippen LogP contribution in [0.2, 0.25) is 0 Å². The highest BCUT2D eigenvalue weighted by Gasteiger charge is 2.23. The van der Waals surface area contributed by atoms with Crippen molar-refractivity contribution in [2.24, 2.45) is 0 Å². The van der Waals surface area contributed by atoms with Crippen LogP contribution in [0, 0.1) is 0 Å². The third kappa shape index (κ3) is 4.14. The second-order valence-corrected chi connectivity index (χ2v) is 6.93. The summed E-state index contributed by atoms with van der Waals surface area (Å²) in [5.74, 6) is 0.253. The van der Waals surface area contributed by atoms with E-state index in [0.717, 1.165) is 28.2 Å². The molecule has 4 heteroatoms. The number of benzene rings is 4. The minimum absolute atomic E-state index is 0.399. The van der Waals surface area contributed by atoms with Gasteiger partial charge in [-0.05, 0) is 47.5 Å². The lowest BCUT2D eigenvalue weighted by Crippen LogP contribution is -2.13. The van der Waals surface area contributed by atoms with E-state index in [0.29, 0.717) is 11.3 Å². The van der Waals surface area contributed by atoms with Gasteiger partial charge in [0.25, 0.3) is 0 Å². The fraction of sp³-hybridized carbons (Fsp3) is 0.0741. The van der Waals surface area contributed by atoms with E-state index in [9.17, 15) is 4.79 Å². The van der Waals surface area contributed by atoms with Crippen LogP contribution in [-0.2, 0) is 4.74 Å². The molecule has 0 N–H and O–H groups in total. The number of anilines is 3. The first-order chi connectivity index (χ1) is 15.2. The number of nitrogens with zero attached hydrogens (tertiary/aromatic N) is 1. The number of hydrogen-bond acceptors (Lipinski definition) is 4. The van der Waals surface area contributed by atoms with Gasteiger partial charge in [0.2, 0.25) is 0 Å². The van der Waals surface area contributed by atoms with E-state index in [1.165, 1.54) is 7.11 Å². The molecule has 0 saturated heterocycles. The Morgan fingerprint density at radius 3 is 1.71 bits per heavy atom. The average molecular weight is 409 g/mol. The lowest BCUT2D eigenvalue weighted by Gasteiger charge is -2.28. The molecular weight excluding hydrogens is 386 g/mol. The smallest absolute Gasteiger partial charge is 0.338 e. The number of carbonyl (C=O) groups excluding carboxylic acids is 1. The summed E-state index contributed by atoms with van der Waals surface area (Å²) >= 11 is 0. The standard InChI is InChI=1S/C27H23NO3/c1-30-26-19-23(20-12-6-3-7-13-20)24(27(29)31-2)18-25(26)28(21-14-8-4-9-15-21)22-16-10-5-11-17-22/h3-19H,1-2H3. The van der Waals surface area contributed by atoms with Crippen LogP contribution in [0.1, 0.15) is 10.4 Å². The average Bonchev–Trinajstić information content (AvgIpc) is 2.85. The summed E-state index contributed by atoms with van der Waals surface area (Å²) in [7, 11) is 3.03. The second-order valence-electron chi connectivity index (χ2n) is 6.93. The summed E-state index contributed by atoms with van der Waals surface area (Å²) in [5.41, 5.74) is 4.81. The van der Waals surface area contributed by atoms with E-state index in [-0.39, 0.29) is 0 Å². The molecule has 0 unspecified atom stereocenters. The zero-order valence-corrected chi connectivity index (χ0v) is 17.5. The van der Waals surface area contributed by atoms with Gasteiger partial charge < -0.3 is 14.4 Å². The van der Waals surface area contributed by atoms with Crippen molar-refractivity contribution >= 4 is 23.0 Å². The molecule has 0 aliphatic carbocycles. The van der Waals surface area contributed by atoms with Crippen molar-refractivity contribution in [3.8, 4) is 16.9 Å². The molecule has 0 fully saturated rings. The molecule has 4 aromatic carbocycles. The molecule has 0 aliphatic rings.